The lowest BCUT2D eigenvalue weighted by Gasteiger charge is -2.34. The lowest BCUT2D eigenvalue weighted by atomic mass is 10.0. The van der Waals surface area contributed by atoms with Gasteiger partial charge < -0.3 is 15.1 Å². The van der Waals surface area contributed by atoms with E-state index in [0.717, 1.165) is 37.0 Å². The van der Waals surface area contributed by atoms with Crippen LogP contribution in [0.1, 0.15) is 35.5 Å². The van der Waals surface area contributed by atoms with Crippen LogP contribution in [0, 0.1) is 6.92 Å². The van der Waals surface area contributed by atoms with Gasteiger partial charge in [0.1, 0.15) is 5.52 Å². The molecule has 1 saturated heterocycles. The zero-order valence-corrected chi connectivity index (χ0v) is 14.1. The average Bonchev–Trinajstić information content (AvgIpc) is 2.89. The summed E-state index contributed by atoms with van der Waals surface area (Å²) >= 11 is 0. The van der Waals surface area contributed by atoms with Gasteiger partial charge in [0.05, 0.1) is 0 Å². The number of nitrogens with two attached hydrogens (primary N) is 1. The summed E-state index contributed by atoms with van der Waals surface area (Å²) in [5.74, 6) is 0.286. The summed E-state index contributed by atoms with van der Waals surface area (Å²) in [7, 11) is 0. The van der Waals surface area contributed by atoms with Gasteiger partial charge in [-0.25, -0.2) is 4.98 Å². The zero-order valence-electron chi connectivity index (χ0n) is 12.4. The van der Waals surface area contributed by atoms with Crippen molar-refractivity contribution in [2.75, 3.05) is 13.1 Å². The van der Waals surface area contributed by atoms with E-state index in [-0.39, 0.29) is 36.8 Å². The number of fused-ring (bicyclic) bond motifs is 1. The fourth-order valence-electron chi connectivity index (χ4n) is 2.79. The molecule has 0 aromatic carbocycles. The Morgan fingerprint density at radius 3 is 2.91 bits per heavy atom. The Hall–Kier alpha value is -1.30. The number of likely N-dealkylation sites (tertiary alicyclic amines) is 1. The predicted octanol–water partition coefficient (Wildman–Crippen LogP) is 2.93. The van der Waals surface area contributed by atoms with Crippen molar-refractivity contribution in [2.24, 2.45) is 5.73 Å². The molecule has 0 spiro atoms. The highest BCUT2D eigenvalue weighted by molar-refractivity contribution is 5.95. The van der Waals surface area contributed by atoms with Crippen molar-refractivity contribution in [2.45, 2.75) is 32.2 Å². The van der Waals surface area contributed by atoms with Gasteiger partial charge in [-0.2, -0.15) is 0 Å². The molecular weight excluding hydrogens is 325 g/mol. The summed E-state index contributed by atoms with van der Waals surface area (Å²) in [5.41, 5.74) is 8.06. The number of hydrogen-bond acceptors (Lipinski definition) is 4. The molecule has 2 aromatic rings. The Bertz CT molecular complexity index is 645. The molecule has 1 aliphatic heterocycles. The molecular formula is C15H21Cl2N3O2. The number of carbonyl (C=O) groups is 1. The molecule has 0 aliphatic carbocycles. The molecule has 1 fully saturated rings. The largest absolute Gasteiger partial charge is 0.449 e. The van der Waals surface area contributed by atoms with Crippen LogP contribution in [0.15, 0.2) is 22.6 Å². The van der Waals surface area contributed by atoms with E-state index < -0.39 is 0 Å². The third kappa shape index (κ3) is 3.54. The minimum absolute atomic E-state index is 0. The fraction of sp³-hybridized carbons (Fsp3) is 0.467. The maximum Gasteiger partial charge on any atom is 0.289 e. The van der Waals surface area contributed by atoms with Crippen LogP contribution in [0.5, 0.6) is 0 Å². The normalized spacial score (nSPS) is 17.7. The van der Waals surface area contributed by atoms with Crippen molar-refractivity contribution in [3.8, 4) is 0 Å². The minimum Gasteiger partial charge on any atom is -0.449 e. The van der Waals surface area contributed by atoms with Crippen molar-refractivity contribution < 1.29 is 9.21 Å². The molecule has 1 unspecified atom stereocenters. The van der Waals surface area contributed by atoms with Gasteiger partial charge >= 0.3 is 0 Å². The number of amides is 1. The van der Waals surface area contributed by atoms with Crippen LogP contribution in [0.3, 0.4) is 0 Å². The molecule has 22 heavy (non-hydrogen) atoms. The van der Waals surface area contributed by atoms with Gasteiger partial charge in [0.25, 0.3) is 5.91 Å². The highest BCUT2D eigenvalue weighted by Crippen LogP contribution is 2.23. The van der Waals surface area contributed by atoms with E-state index in [0.29, 0.717) is 17.9 Å². The molecule has 2 N–H and O–H groups in total. The maximum absolute atomic E-state index is 12.6. The molecule has 1 atom stereocenters. The summed E-state index contributed by atoms with van der Waals surface area (Å²) in [5, 5.41) is 0. The fourth-order valence-corrected chi connectivity index (χ4v) is 2.79. The summed E-state index contributed by atoms with van der Waals surface area (Å²) in [6.45, 7) is 3.18. The quantitative estimate of drug-likeness (QED) is 0.908. The number of hydrogen-bond donors (Lipinski definition) is 1. The first kappa shape index (κ1) is 18.7. The van der Waals surface area contributed by atoms with Gasteiger partial charge in [-0.1, -0.05) is 0 Å². The van der Waals surface area contributed by atoms with Crippen LogP contribution in [0.25, 0.3) is 11.1 Å². The number of rotatable bonds is 2. The standard InChI is InChI=1S/C15H19N3O2.2ClH/c1-10-5-6-13-12(17-10)8-14(20-13)15(19)18-7-3-2-4-11(18)9-16;;/h5-6,8,11H,2-4,7,9,16H2,1H3;2*1H. The van der Waals surface area contributed by atoms with Gasteiger partial charge in [-0.05, 0) is 38.3 Å². The number of furan rings is 1. The first-order valence-electron chi connectivity index (χ1n) is 7.07. The summed E-state index contributed by atoms with van der Waals surface area (Å²) in [4.78, 5) is 18.8. The number of aromatic nitrogens is 1. The highest BCUT2D eigenvalue weighted by atomic mass is 35.5. The average molecular weight is 346 g/mol. The van der Waals surface area contributed by atoms with Crippen molar-refractivity contribution in [1.82, 2.24) is 9.88 Å². The molecule has 0 radical (unpaired) electrons. The van der Waals surface area contributed by atoms with Gasteiger partial charge in [0, 0.05) is 30.9 Å². The molecule has 5 nitrogen and oxygen atoms in total. The first-order chi connectivity index (χ1) is 9.69. The summed E-state index contributed by atoms with van der Waals surface area (Å²) < 4.78 is 5.64. The van der Waals surface area contributed by atoms with Gasteiger partial charge in [-0.15, -0.1) is 24.8 Å². The zero-order chi connectivity index (χ0) is 14.1. The molecule has 3 heterocycles. The SMILES string of the molecule is Cc1ccc2oc(C(=O)N3CCCCC3CN)cc2n1.Cl.Cl. The van der Waals surface area contributed by atoms with Gasteiger partial charge in [-0.3, -0.25) is 4.79 Å². The van der Waals surface area contributed by atoms with E-state index in [1.54, 1.807) is 6.07 Å². The topological polar surface area (TPSA) is 72.4 Å². The molecule has 1 amide bonds. The van der Waals surface area contributed by atoms with Gasteiger partial charge in [0.2, 0.25) is 0 Å². The first-order valence-corrected chi connectivity index (χ1v) is 7.07. The Morgan fingerprint density at radius 2 is 2.18 bits per heavy atom. The van der Waals surface area contributed by atoms with Gasteiger partial charge in [0.15, 0.2) is 11.3 Å². The highest BCUT2D eigenvalue weighted by Gasteiger charge is 2.28. The third-order valence-corrected chi connectivity index (χ3v) is 3.88. The molecule has 7 heteroatoms. The molecule has 0 bridgehead atoms. The Morgan fingerprint density at radius 1 is 1.41 bits per heavy atom. The number of halogens is 2. The predicted molar refractivity (Wildman–Crippen MR) is 91.0 cm³/mol. The van der Waals surface area contributed by atoms with Crippen LogP contribution in [-0.4, -0.2) is 34.9 Å². The number of piperidine rings is 1. The third-order valence-electron chi connectivity index (χ3n) is 3.88. The molecule has 1 aliphatic rings. The molecule has 3 rings (SSSR count). The second-order valence-electron chi connectivity index (χ2n) is 5.33. The summed E-state index contributed by atoms with van der Waals surface area (Å²) in [6.07, 6.45) is 3.13. The lowest BCUT2D eigenvalue weighted by Crippen LogP contribution is -2.47. The molecule has 0 saturated carbocycles. The van der Waals surface area contributed by atoms with E-state index in [9.17, 15) is 4.79 Å². The van der Waals surface area contributed by atoms with E-state index in [2.05, 4.69) is 4.98 Å². The van der Waals surface area contributed by atoms with Crippen molar-refractivity contribution in [3.05, 3.63) is 29.7 Å². The van der Waals surface area contributed by atoms with E-state index in [1.807, 2.05) is 24.0 Å². The lowest BCUT2D eigenvalue weighted by molar-refractivity contribution is 0.0593. The number of nitrogens with zero attached hydrogens (tertiary/aromatic N) is 2. The molecule has 2 aromatic heterocycles. The second-order valence-corrected chi connectivity index (χ2v) is 5.33. The monoisotopic (exact) mass is 345 g/mol. The molecule has 122 valence electrons. The smallest absolute Gasteiger partial charge is 0.289 e. The van der Waals surface area contributed by atoms with Crippen LogP contribution in [0.4, 0.5) is 0 Å². The summed E-state index contributed by atoms with van der Waals surface area (Å²) in [6, 6.07) is 5.58. The Labute approximate surface area is 142 Å². The van der Waals surface area contributed by atoms with E-state index in [1.165, 1.54) is 0 Å². The van der Waals surface area contributed by atoms with E-state index in [4.69, 9.17) is 10.2 Å². The Kier molecular flexibility index (Phi) is 6.66. The van der Waals surface area contributed by atoms with Crippen molar-refractivity contribution >= 4 is 41.8 Å². The van der Waals surface area contributed by atoms with Crippen LogP contribution < -0.4 is 5.73 Å². The van der Waals surface area contributed by atoms with Crippen LogP contribution >= 0.6 is 24.8 Å². The van der Waals surface area contributed by atoms with E-state index >= 15 is 0 Å². The number of carbonyl (C=O) groups excluding carboxylic acids is 1. The van der Waals surface area contributed by atoms with Crippen LogP contribution in [0.2, 0.25) is 0 Å². The van der Waals surface area contributed by atoms with Crippen molar-refractivity contribution in [3.63, 3.8) is 0 Å². The maximum atomic E-state index is 12.6. The minimum atomic E-state index is -0.0733. The van der Waals surface area contributed by atoms with Crippen molar-refractivity contribution in [1.29, 1.82) is 0 Å². The number of pyridine rings is 1. The van der Waals surface area contributed by atoms with Crippen LogP contribution in [-0.2, 0) is 0 Å². The second kappa shape index (κ2) is 7.81. The Balaban J connectivity index is 0.00000121. The number of aryl methyl sites for hydroxylation is 1.